The van der Waals surface area contributed by atoms with Gasteiger partial charge in [-0.2, -0.15) is 11.3 Å². The number of hydrogen-bond acceptors (Lipinski definition) is 3. The summed E-state index contributed by atoms with van der Waals surface area (Å²) in [5, 5.41) is 5.40. The van der Waals surface area contributed by atoms with Gasteiger partial charge in [0.25, 0.3) is 0 Å². The van der Waals surface area contributed by atoms with E-state index < -0.39 is 0 Å². The Morgan fingerprint density at radius 2 is 2.17 bits per heavy atom. The molecule has 0 spiro atoms. The van der Waals surface area contributed by atoms with Crippen LogP contribution >= 0.6 is 11.3 Å². The molecule has 1 atom stereocenters. The first-order valence-corrected chi connectivity index (χ1v) is 6.88. The van der Waals surface area contributed by atoms with Crippen molar-refractivity contribution < 1.29 is 0 Å². The first kappa shape index (κ1) is 11.4. The summed E-state index contributed by atoms with van der Waals surface area (Å²) in [6.45, 7) is 0. The molecular formula is C15H14N2S. The van der Waals surface area contributed by atoms with Crippen LogP contribution < -0.4 is 5.73 Å². The van der Waals surface area contributed by atoms with Crippen molar-refractivity contribution in [1.82, 2.24) is 4.98 Å². The highest BCUT2D eigenvalue weighted by Gasteiger charge is 2.08. The number of benzene rings is 1. The van der Waals surface area contributed by atoms with Crippen LogP contribution in [-0.2, 0) is 6.42 Å². The van der Waals surface area contributed by atoms with Gasteiger partial charge in [0.1, 0.15) is 0 Å². The van der Waals surface area contributed by atoms with Crippen molar-refractivity contribution in [1.29, 1.82) is 0 Å². The smallest absolute Gasteiger partial charge is 0.0705 e. The molecule has 0 fully saturated rings. The molecule has 0 saturated carbocycles. The second kappa shape index (κ2) is 4.88. The predicted molar refractivity (Wildman–Crippen MR) is 76.7 cm³/mol. The van der Waals surface area contributed by atoms with Gasteiger partial charge in [0, 0.05) is 17.6 Å². The lowest BCUT2D eigenvalue weighted by Crippen LogP contribution is -2.12. The van der Waals surface area contributed by atoms with Crippen molar-refractivity contribution in [3.8, 4) is 0 Å². The molecule has 2 heterocycles. The topological polar surface area (TPSA) is 38.9 Å². The molecule has 0 amide bonds. The summed E-state index contributed by atoms with van der Waals surface area (Å²) < 4.78 is 0. The molecule has 0 aliphatic carbocycles. The average molecular weight is 254 g/mol. The fourth-order valence-corrected chi connectivity index (χ4v) is 2.78. The molecule has 2 nitrogen and oxygen atoms in total. The van der Waals surface area contributed by atoms with Gasteiger partial charge in [-0.25, -0.2) is 0 Å². The quantitative estimate of drug-likeness (QED) is 0.776. The van der Waals surface area contributed by atoms with Gasteiger partial charge in [0.15, 0.2) is 0 Å². The summed E-state index contributed by atoms with van der Waals surface area (Å²) in [4.78, 5) is 4.37. The van der Waals surface area contributed by atoms with Gasteiger partial charge in [-0.05, 0) is 46.5 Å². The van der Waals surface area contributed by atoms with Crippen molar-refractivity contribution in [2.45, 2.75) is 12.5 Å². The molecule has 3 rings (SSSR count). The molecule has 1 aromatic carbocycles. The second-order valence-electron chi connectivity index (χ2n) is 4.40. The zero-order valence-corrected chi connectivity index (χ0v) is 10.7. The Morgan fingerprint density at radius 1 is 1.22 bits per heavy atom. The molecule has 0 aliphatic rings. The Balaban J connectivity index is 1.89. The Kier molecular flexibility index (Phi) is 3.09. The van der Waals surface area contributed by atoms with E-state index in [1.54, 1.807) is 11.3 Å². The zero-order valence-electron chi connectivity index (χ0n) is 9.91. The van der Waals surface area contributed by atoms with Crippen molar-refractivity contribution >= 4 is 22.2 Å². The molecule has 0 bridgehead atoms. The molecule has 0 radical (unpaired) electrons. The summed E-state index contributed by atoms with van der Waals surface area (Å²) in [7, 11) is 0. The van der Waals surface area contributed by atoms with Gasteiger partial charge in [-0.1, -0.05) is 18.2 Å². The van der Waals surface area contributed by atoms with E-state index in [9.17, 15) is 0 Å². The summed E-state index contributed by atoms with van der Waals surface area (Å²) in [5.41, 5.74) is 9.71. The summed E-state index contributed by atoms with van der Waals surface area (Å²) >= 11 is 1.71. The van der Waals surface area contributed by atoms with Gasteiger partial charge in [0.2, 0.25) is 0 Å². The SMILES string of the molecule is NC(Cc1ccsc1)c1ccc2cccnc2c1. The van der Waals surface area contributed by atoms with Crippen LogP contribution in [0.4, 0.5) is 0 Å². The molecule has 0 aliphatic heterocycles. The van der Waals surface area contributed by atoms with Crippen LogP contribution in [0.15, 0.2) is 53.4 Å². The number of rotatable bonds is 3. The van der Waals surface area contributed by atoms with Crippen LogP contribution in [0.2, 0.25) is 0 Å². The Morgan fingerprint density at radius 3 is 3.00 bits per heavy atom. The van der Waals surface area contributed by atoms with Crippen molar-refractivity contribution in [2.75, 3.05) is 0 Å². The highest BCUT2D eigenvalue weighted by atomic mass is 32.1. The van der Waals surface area contributed by atoms with E-state index in [1.165, 1.54) is 5.56 Å². The van der Waals surface area contributed by atoms with E-state index in [1.807, 2.05) is 12.3 Å². The van der Waals surface area contributed by atoms with Gasteiger partial charge in [-0.3, -0.25) is 4.98 Å². The number of pyridine rings is 1. The third kappa shape index (κ3) is 2.28. The van der Waals surface area contributed by atoms with E-state index >= 15 is 0 Å². The summed E-state index contributed by atoms with van der Waals surface area (Å²) in [6.07, 6.45) is 2.69. The summed E-state index contributed by atoms with van der Waals surface area (Å²) in [5.74, 6) is 0. The normalized spacial score (nSPS) is 12.7. The molecule has 2 N–H and O–H groups in total. The van der Waals surface area contributed by atoms with E-state index in [2.05, 4.69) is 46.1 Å². The monoisotopic (exact) mass is 254 g/mol. The minimum Gasteiger partial charge on any atom is -0.324 e. The first-order valence-electron chi connectivity index (χ1n) is 5.94. The minimum atomic E-state index is 0.0333. The number of hydrogen-bond donors (Lipinski definition) is 1. The Bertz CT molecular complexity index is 646. The predicted octanol–water partition coefficient (Wildman–Crippen LogP) is 3.54. The Hall–Kier alpha value is -1.71. The standard InChI is InChI=1S/C15H14N2S/c16-14(8-11-5-7-18-10-11)13-4-3-12-2-1-6-17-15(12)9-13/h1-7,9-10,14H,8,16H2. The van der Waals surface area contributed by atoms with Crippen LogP contribution in [0.1, 0.15) is 17.2 Å². The molecule has 2 aromatic heterocycles. The first-order chi connectivity index (χ1) is 8.83. The van der Waals surface area contributed by atoms with Crippen LogP contribution in [0, 0.1) is 0 Å². The molecule has 90 valence electrons. The maximum atomic E-state index is 6.25. The largest absolute Gasteiger partial charge is 0.324 e. The lowest BCUT2D eigenvalue weighted by molar-refractivity contribution is 0.724. The summed E-state index contributed by atoms with van der Waals surface area (Å²) in [6, 6.07) is 12.5. The Labute approximate surface area is 110 Å². The molecule has 18 heavy (non-hydrogen) atoms. The molecule has 0 saturated heterocycles. The van der Waals surface area contributed by atoms with Crippen LogP contribution in [-0.4, -0.2) is 4.98 Å². The number of aromatic nitrogens is 1. The van der Waals surface area contributed by atoms with Crippen LogP contribution in [0.3, 0.4) is 0 Å². The van der Waals surface area contributed by atoms with Crippen molar-refractivity contribution in [3.05, 3.63) is 64.5 Å². The number of fused-ring (bicyclic) bond motifs is 1. The van der Waals surface area contributed by atoms with Crippen molar-refractivity contribution in [2.24, 2.45) is 5.73 Å². The third-order valence-corrected chi connectivity index (χ3v) is 3.83. The van der Waals surface area contributed by atoms with E-state index in [4.69, 9.17) is 5.73 Å². The number of nitrogens with zero attached hydrogens (tertiary/aromatic N) is 1. The number of thiophene rings is 1. The molecule has 1 unspecified atom stereocenters. The lowest BCUT2D eigenvalue weighted by atomic mass is 10.00. The van der Waals surface area contributed by atoms with Gasteiger partial charge in [-0.15, -0.1) is 0 Å². The molecule has 3 heteroatoms. The molecule has 3 aromatic rings. The van der Waals surface area contributed by atoms with Crippen LogP contribution in [0.5, 0.6) is 0 Å². The maximum Gasteiger partial charge on any atom is 0.0705 e. The van der Waals surface area contributed by atoms with Gasteiger partial charge >= 0.3 is 0 Å². The third-order valence-electron chi connectivity index (χ3n) is 3.09. The highest BCUT2D eigenvalue weighted by Crippen LogP contribution is 2.21. The molecular weight excluding hydrogens is 240 g/mol. The van der Waals surface area contributed by atoms with E-state index in [-0.39, 0.29) is 6.04 Å². The maximum absolute atomic E-state index is 6.25. The van der Waals surface area contributed by atoms with E-state index in [0.29, 0.717) is 0 Å². The van der Waals surface area contributed by atoms with Gasteiger partial charge < -0.3 is 5.73 Å². The van der Waals surface area contributed by atoms with Gasteiger partial charge in [0.05, 0.1) is 5.52 Å². The lowest BCUT2D eigenvalue weighted by Gasteiger charge is -2.11. The highest BCUT2D eigenvalue weighted by molar-refractivity contribution is 7.07. The van der Waals surface area contributed by atoms with Crippen molar-refractivity contribution in [3.63, 3.8) is 0 Å². The number of nitrogens with two attached hydrogens (primary N) is 1. The second-order valence-corrected chi connectivity index (χ2v) is 5.18. The fourth-order valence-electron chi connectivity index (χ4n) is 2.09. The van der Waals surface area contributed by atoms with Crippen LogP contribution in [0.25, 0.3) is 10.9 Å². The zero-order chi connectivity index (χ0) is 12.4. The minimum absolute atomic E-state index is 0.0333. The fraction of sp³-hybridized carbons (Fsp3) is 0.133. The van der Waals surface area contributed by atoms with E-state index in [0.717, 1.165) is 22.9 Å². The average Bonchev–Trinajstić information content (AvgIpc) is 2.91.